The molecule has 9 heavy (non-hydrogen) atoms. The van der Waals surface area contributed by atoms with Crippen LogP contribution in [0.4, 0.5) is 0 Å². The van der Waals surface area contributed by atoms with Crippen LogP contribution in [0.1, 0.15) is 25.7 Å². The van der Waals surface area contributed by atoms with E-state index in [1.807, 2.05) is 0 Å². The Morgan fingerprint density at radius 2 is 2.11 bits per heavy atom. The molecule has 0 spiro atoms. The minimum Gasteiger partial charge on any atom is -0.304 e. The molecular formula is C7H13NS. The van der Waals surface area contributed by atoms with E-state index in [9.17, 15) is 0 Å². The van der Waals surface area contributed by atoms with Gasteiger partial charge in [-0.15, -0.1) is 11.8 Å². The van der Waals surface area contributed by atoms with Crippen molar-refractivity contribution in [1.29, 1.82) is 0 Å². The molecule has 1 heterocycles. The van der Waals surface area contributed by atoms with E-state index in [4.69, 9.17) is 0 Å². The second-order valence-corrected chi connectivity index (χ2v) is 4.17. The molecule has 0 radical (unpaired) electrons. The van der Waals surface area contributed by atoms with Crippen molar-refractivity contribution in [3.8, 4) is 0 Å². The smallest absolute Gasteiger partial charge is 0.0423 e. The van der Waals surface area contributed by atoms with Gasteiger partial charge in [-0.1, -0.05) is 12.8 Å². The lowest BCUT2D eigenvalue weighted by Gasteiger charge is -2.23. The Hall–Kier alpha value is 0.310. The molecular weight excluding hydrogens is 130 g/mol. The van der Waals surface area contributed by atoms with Crippen LogP contribution >= 0.6 is 11.8 Å². The minimum atomic E-state index is 0.878. The zero-order chi connectivity index (χ0) is 6.10. The first-order valence-electron chi connectivity index (χ1n) is 3.82. The summed E-state index contributed by atoms with van der Waals surface area (Å²) < 4.78 is 0. The zero-order valence-corrected chi connectivity index (χ0v) is 6.41. The highest BCUT2D eigenvalue weighted by Gasteiger charge is 2.29. The van der Waals surface area contributed by atoms with Crippen molar-refractivity contribution in [1.82, 2.24) is 5.32 Å². The summed E-state index contributed by atoms with van der Waals surface area (Å²) >= 11 is 2.12. The molecule has 1 aliphatic carbocycles. The van der Waals surface area contributed by atoms with Crippen molar-refractivity contribution in [2.75, 3.05) is 5.88 Å². The number of fused-ring (bicyclic) bond motifs is 1. The van der Waals surface area contributed by atoms with Gasteiger partial charge in [-0.05, 0) is 12.8 Å². The summed E-state index contributed by atoms with van der Waals surface area (Å²) in [5, 5.41) is 4.49. The molecule has 2 rings (SSSR count). The summed E-state index contributed by atoms with van der Waals surface area (Å²) in [6.45, 7) is 0. The quantitative estimate of drug-likeness (QED) is 0.552. The van der Waals surface area contributed by atoms with Gasteiger partial charge in [0.25, 0.3) is 0 Å². The lowest BCUT2D eigenvalue weighted by molar-refractivity contribution is 0.419. The Morgan fingerprint density at radius 3 is 3.00 bits per heavy atom. The molecule has 1 aliphatic heterocycles. The molecule has 0 bridgehead atoms. The lowest BCUT2D eigenvalue weighted by atomic mass is 9.95. The van der Waals surface area contributed by atoms with Gasteiger partial charge in [-0.25, -0.2) is 0 Å². The van der Waals surface area contributed by atoms with E-state index in [1.54, 1.807) is 0 Å². The van der Waals surface area contributed by atoms with E-state index >= 15 is 0 Å². The van der Waals surface area contributed by atoms with Gasteiger partial charge in [0.05, 0.1) is 0 Å². The first kappa shape index (κ1) is 6.05. The van der Waals surface area contributed by atoms with Gasteiger partial charge in [0, 0.05) is 17.2 Å². The number of nitrogens with one attached hydrogen (secondary N) is 1. The van der Waals surface area contributed by atoms with Gasteiger partial charge in [0.1, 0.15) is 0 Å². The third-order valence-corrected chi connectivity index (χ3v) is 3.67. The molecule has 1 saturated heterocycles. The van der Waals surface area contributed by atoms with Crippen LogP contribution in [0.5, 0.6) is 0 Å². The second-order valence-electron chi connectivity index (χ2n) is 2.94. The fourth-order valence-corrected chi connectivity index (χ4v) is 3.11. The average molecular weight is 143 g/mol. The fraction of sp³-hybridized carbons (Fsp3) is 1.00. The molecule has 1 N–H and O–H groups in total. The molecule has 1 nitrogen and oxygen atoms in total. The Morgan fingerprint density at radius 1 is 1.22 bits per heavy atom. The SMILES string of the molecule is C1CCC2SCNC2C1. The summed E-state index contributed by atoms with van der Waals surface area (Å²) in [4.78, 5) is 0. The molecule has 52 valence electrons. The third-order valence-electron chi connectivity index (χ3n) is 2.35. The number of hydrogen-bond acceptors (Lipinski definition) is 2. The Labute approximate surface area is 60.6 Å². The highest BCUT2D eigenvalue weighted by Crippen LogP contribution is 2.32. The third kappa shape index (κ3) is 1.10. The molecule has 2 atom stereocenters. The van der Waals surface area contributed by atoms with Crippen molar-refractivity contribution < 1.29 is 0 Å². The molecule has 2 heteroatoms. The van der Waals surface area contributed by atoms with Crippen LogP contribution < -0.4 is 5.32 Å². The summed E-state index contributed by atoms with van der Waals surface area (Å²) in [6, 6.07) is 0.878. The van der Waals surface area contributed by atoms with Gasteiger partial charge in [0.15, 0.2) is 0 Å². The summed E-state index contributed by atoms with van der Waals surface area (Å²) in [5.41, 5.74) is 0. The predicted molar refractivity (Wildman–Crippen MR) is 41.6 cm³/mol. The molecule has 0 aromatic heterocycles. The van der Waals surface area contributed by atoms with Gasteiger partial charge in [0.2, 0.25) is 0 Å². The van der Waals surface area contributed by atoms with Crippen molar-refractivity contribution in [2.24, 2.45) is 0 Å². The molecule has 1 saturated carbocycles. The highest BCUT2D eigenvalue weighted by molar-refractivity contribution is 8.00. The number of thioether (sulfide) groups is 1. The van der Waals surface area contributed by atoms with E-state index in [1.165, 1.54) is 31.6 Å². The van der Waals surface area contributed by atoms with E-state index < -0.39 is 0 Å². The van der Waals surface area contributed by atoms with Crippen LogP contribution in [-0.4, -0.2) is 17.2 Å². The van der Waals surface area contributed by atoms with E-state index in [0.29, 0.717) is 0 Å². The minimum absolute atomic E-state index is 0.878. The average Bonchev–Trinajstić information content (AvgIpc) is 2.33. The zero-order valence-electron chi connectivity index (χ0n) is 5.60. The molecule has 0 aromatic carbocycles. The number of rotatable bonds is 0. The monoisotopic (exact) mass is 143 g/mol. The van der Waals surface area contributed by atoms with Gasteiger partial charge < -0.3 is 5.32 Å². The van der Waals surface area contributed by atoms with Crippen LogP contribution in [0.25, 0.3) is 0 Å². The van der Waals surface area contributed by atoms with Crippen LogP contribution in [-0.2, 0) is 0 Å². The van der Waals surface area contributed by atoms with Gasteiger partial charge in [-0.3, -0.25) is 0 Å². The summed E-state index contributed by atoms with van der Waals surface area (Å²) in [6.07, 6.45) is 5.81. The van der Waals surface area contributed by atoms with Gasteiger partial charge in [-0.2, -0.15) is 0 Å². The summed E-state index contributed by atoms with van der Waals surface area (Å²) in [5.74, 6) is 1.20. The van der Waals surface area contributed by atoms with E-state index in [-0.39, 0.29) is 0 Å². The second kappa shape index (κ2) is 2.51. The summed E-state index contributed by atoms with van der Waals surface area (Å²) in [7, 11) is 0. The maximum atomic E-state index is 3.52. The van der Waals surface area contributed by atoms with Crippen LogP contribution in [0.3, 0.4) is 0 Å². The molecule has 2 fully saturated rings. The topological polar surface area (TPSA) is 12.0 Å². The molecule has 2 aliphatic rings. The van der Waals surface area contributed by atoms with Crippen LogP contribution in [0.2, 0.25) is 0 Å². The molecule has 0 amide bonds. The predicted octanol–water partition coefficient (Wildman–Crippen LogP) is 1.59. The Bertz CT molecular complexity index is 93.1. The van der Waals surface area contributed by atoms with Crippen molar-refractivity contribution in [3.05, 3.63) is 0 Å². The first-order chi connectivity index (χ1) is 4.47. The van der Waals surface area contributed by atoms with Crippen molar-refractivity contribution >= 4 is 11.8 Å². The van der Waals surface area contributed by atoms with E-state index in [0.717, 1.165) is 11.3 Å². The maximum Gasteiger partial charge on any atom is 0.0423 e. The van der Waals surface area contributed by atoms with Crippen molar-refractivity contribution in [2.45, 2.75) is 37.0 Å². The maximum absolute atomic E-state index is 3.52. The van der Waals surface area contributed by atoms with Crippen LogP contribution in [0.15, 0.2) is 0 Å². The normalized spacial score (nSPS) is 42.7. The Balaban J connectivity index is 1.97. The van der Waals surface area contributed by atoms with Crippen LogP contribution in [0, 0.1) is 0 Å². The molecule has 2 unspecified atom stereocenters. The standard InChI is InChI=1S/C7H13NS/c1-2-4-7-6(3-1)8-5-9-7/h6-8H,1-5H2. The van der Waals surface area contributed by atoms with Gasteiger partial charge >= 0.3 is 0 Å². The first-order valence-corrected chi connectivity index (χ1v) is 4.87. The molecule has 0 aromatic rings. The number of hydrogen-bond donors (Lipinski definition) is 1. The van der Waals surface area contributed by atoms with E-state index in [2.05, 4.69) is 17.1 Å². The van der Waals surface area contributed by atoms with Crippen molar-refractivity contribution in [3.63, 3.8) is 0 Å². The largest absolute Gasteiger partial charge is 0.304 e. The Kier molecular flexibility index (Phi) is 1.68. The fourth-order valence-electron chi connectivity index (χ4n) is 1.79. The lowest BCUT2D eigenvalue weighted by Crippen LogP contribution is -2.32. The highest BCUT2D eigenvalue weighted by atomic mass is 32.2.